The summed E-state index contributed by atoms with van der Waals surface area (Å²) in [6, 6.07) is 6.02. The fourth-order valence-electron chi connectivity index (χ4n) is 6.47. The average Bonchev–Trinajstić information content (AvgIpc) is 3.49. The lowest BCUT2D eigenvalue weighted by Gasteiger charge is -2.48. The van der Waals surface area contributed by atoms with Gasteiger partial charge in [0.1, 0.15) is 11.7 Å². The molecule has 2 aliphatic heterocycles. The first-order valence-corrected chi connectivity index (χ1v) is 14.4. The van der Waals surface area contributed by atoms with Gasteiger partial charge in [0.25, 0.3) is 0 Å². The van der Waals surface area contributed by atoms with Crippen molar-refractivity contribution in [2.75, 3.05) is 19.6 Å². The minimum absolute atomic E-state index is 0.0129. The van der Waals surface area contributed by atoms with E-state index in [0.717, 1.165) is 25.3 Å². The van der Waals surface area contributed by atoms with Crippen molar-refractivity contribution in [3.05, 3.63) is 63.6 Å². The lowest BCUT2D eigenvalue weighted by Crippen LogP contribution is -2.45. The summed E-state index contributed by atoms with van der Waals surface area (Å²) in [6.45, 7) is 7.40. The fourth-order valence-corrected chi connectivity index (χ4v) is 6.76. The molecule has 1 amide bonds. The molecule has 2 aromatic rings. The topological polar surface area (TPSA) is 110 Å². The summed E-state index contributed by atoms with van der Waals surface area (Å²) in [4.78, 5) is 19.0. The van der Waals surface area contributed by atoms with E-state index in [9.17, 15) is 23.2 Å². The van der Waals surface area contributed by atoms with Crippen molar-refractivity contribution < 1.29 is 22.7 Å². The van der Waals surface area contributed by atoms with Gasteiger partial charge in [-0.3, -0.25) is 9.67 Å². The van der Waals surface area contributed by atoms with Crippen LogP contribution in [0.2, 0.25) is 5.02 Å². The highest BCUT2D eigenvalue weighted by molar-refractivity contribution is 6.32. The Bertz CT molecular complexity index is 1480. The van der Waals surface area contributed by atoms with Crippen molar-refractivity contribution in [3.8, 4) is 6.07 Å². The number of hydrogen-bond donors (Lipinski definition) is 1. The molecule has 3 heterocycles. The number of nitriles is 1. The molecule has 0 bridgehead atoms. The maximum atomic E-state index is 13.3. The van der Waals surface area contributed by atoms with Crippen molar-refractivity contribution in [1.29, 1.82) is 5.26 Å². The third-order valence-corrected chi connectivity index (χ3v) is 8.87. The molecule has 0 radical (unpaired) electrons. The predicted molar refractivity (Wildman–Crippen MR) is 152 cm³/mol. The molecule has 42 heavy (non-hydrogen) atoms. The van der Waals surface area contributed by atoms with E-state index in [2.05, 4.69) is 16.2 Å². The van der Waals surface area contributed by atoms with Crippen LogP contribution in [0.25, 0.3) is 0 Å². The Balaban J connectivity index is 1.28. The number of benzene rings is 1. The highest BCUT2D eigenvalue weighted by atomic mass is 35.5. The summed E-state index contributed by atoms with van der Waals surface area (Å²) in [5, 5.41) is 14.0. The molecule has 1 aromatic carbocycles. The zero-order valence-electron chi connectivity index (χ0n) is 23.8. The minimum Gasteiger partial charge on any atom is -0.444 e. The van der Waals surface area contributed by atoms with E-state index in [4.69, 9.17) is 22.1 Å². The van der Waals surface area contributed by atoms with Crippen LogP contribution in [0.4, 0.5) is 18.0 Å². The standard InChI is InChI=1S/C30H34ClF3N6O2/c1-28(2,3)42-27(41)39-10-8-29(17-39)11-19(12-29)21-7-9-37-26(22(13-35)25(21)36)20-14-38-40(16-20)15-18-5-4-6-23(24(18)31)30(32,33)34/h4-6,14,16,19,21H,7-12,15,17,36H2,1-3H3. The minimum atomic E-state index is -4.56. The Kier molecular flexibility index (Phi) is 7.81. The van der Waals surface area contributed by atoms with Gasteiger partial charge in [-0.15, -0.1) is 0 Å². The molecular formula is C30H34ClF3N6O2. The number of aliphatic imine (C=N–C) groups is 1. The third-order valence-electron chi connectivity index (χ3n) is 8.42. The predicted octanol–water partition coefficient (Wildman–Crippen LogP) is 6.19. The second-order valence-corrected chi connectivity index (χ2v) is 13.0. The maximum absolute atomic E-state index is 13.3. The van der Waals surface area contributed by atoms with Crippen LogP contribution in [-0.2, 0) is 17.5 Å². The molecule has 2 fully saturated rings. The first-order chi connectivity index (χ1) is 19.7. The maximum Gasteiger partial charge on any atom is 0.417 e. The molecule has 8 nitrogen and oxygen atoms in total. The number of nitrogens with zero attached hydrogens (tertiary/aromatic N) is 5. The largest absolute Gasteiger partial charge is 0.444 e. The zero-order valence-corrected chi connectivity index (χ0v) is 24.6. The van der Waals surface area contributed by atoms with E-state index in [0.29, 0.717) is 48.6 Å². The average molecular weight is 603 g/mol. The quantitative estimate of drug-likeness (QED) is 0.449. The number of nitrogens with two attached hydrogens (primary N) is 1. The summed E-state index contributed by atoms with van der Waals surface area (Å²) in [5.74, 6) is 0.272. The van der Waals surface area contributed by atoms with E-state index in [-0.39, 0.29) is 40.5 Å². The third kappa shape index (κ3) is 6.00. The molecule has 1 saturated heterocycles. The van der Waals surface area contributed by atoms with Crippen LogP contribution in [0.3, 0.4) is 0 Å². The van der Waals surface area contributed by atoms with Gasteiger partial charge in [-0.25, -0.2) is 4.79 Å². The fraction of sp³-hybridized carbons (Fsp3) is 0.533. The molecular weight excluding hydrogens is 569 g/mol. The summed E-state index contributed by atoms with van der Waals surface area (Å²) >= 11 is 6.07. The Morgan fingerprint density at radius 1 is 1.29 bits per heavy atom. The number of allylic oxidation sites excluding steroid dienone is 2. The van der Waals surface area contributed by atoms with Crippen LogP contribution >= 0.6 is 11.6 Å². The van der Waals surface area contributed by atoms with Crippen molar-refractivity contribution in [3.63, 3.8) is 0 Å². The molecule has 1 spiro atoms. The first-order valence-electron chi connectivity index (χ1n) is 14.0. The number of ether oxygens (including phenoxy) is 1. The summed E-state index contributed by atoms with van der Waals surface area (Å²) < 4.78 is 46.9. The second kappa shape index (κ2) is 11.0. The lowest BCUT2D eigenvalue weighted by atomic mass is 9.56. The van der Waals surface area contributed by atoms with Crippen molar-refractivity contribution in [2.45, 2.75) is 64.8 Å². The molecule has 1 unspecified atom stereocenters. The Morgan fingerprint density at radius 3 is 2.69 bits per heavy atom. The van der Waals surface area contributed by atoms with Gasteiger partial charge >= 0.3 is 12.3 Å². The van der Waals surface area contributed by atoms with Gasteiger partial charge in [0.05, 0.1) is 34.6 Å². The number of hydrogen-bond acceptors (Lipinski definition) is 6. The number of carbonyl (C=O) groups excluding carboxylic acids is 1. The van der Waals surface area contributed by atoms with Gasteiger partial charge in [-0.1, -0.05) is 23.7 Å². The van der Waals surface area contributed by atoms with Crippen LogP contribution in [-0.4, -0.2) is 51.7 Å². The first kappa shape index (κ1) is 30.0. The Labute approximate surface area is 248 Å². The molecule has 1 saturated carbocycles. The van der Waals surface area contributed by atoms with Gasteiger partial charge in [0.15, 0.2) is 0 Å². The molecule has 1 aromatic heterocycles. The van der Waals surface area contributed by atoms with E-state index in [1.807, 2.05) is 20.8 Å². The molecule has 5 rings (SSSR count). The number of halogens is 4. The Hall–Kier alpha value is -3.52. The zero-order chi connectivity index (χ0) is 30.4. The van der Waals surface area contributed by atoms with Gasteiger partial charge in [0, 0.05) is 43.0 Å². The smallest absolute Gasteiger partial charge is 0.417 e. The Morgan fingerprint density at radius 2 is 2.02 bits per heavy atom. The van der Waals surface area contributed by atoms with E-state index < -0.39 is 17.3 Å². The monoisotopic (exact) mass is 602 g/mol. The van der Waals surface area contributed by atoms with Gasteiger partial charge in [-0.05, 0) is 69.4 Å². The molecule has 3 aliphatic rings. The number of alkyl halides is 3. The van der Waals surface area contributed by atoms with Crippen LogP contribution < -0.4 is 5.73 Å². The van der Waals surface area contributed by atoms with Crippen LogP contribution in [0.15, 0.2) is 46.9 Å². The number of aromatic nitrogens is 2. The molecule has 1 atom stereocenters. The lowest BCUT2D eigenvalue weighted by molar-refractivity contribution is -0.137. The van der Waals surface area contributed by atoms with Crippen LogP contribution in [0.5, 0.6) is 0 Å². The van der Waals surface area contributed by atoms with Crippen molar-refractivity contribution >= 4 is 23.4 Å². The molecule has 1 aliphatic carbocycles. The van der Waals surface area contributed by atoms with Crippen molar-refractivity contribution in [2.24, 2.45) is 28.0 Å². The van der Waals surface area contributed by atoms with Gasteiger partial charge < -0.3 is 15.4 Å². The molecule has 12 heteroatoms. The van der Waals surface area contributed by atoms with Crippen LogP contribution in [0.1, 0.15) is 63.1 Å². The number of rotatable bonds is 4. The summed E-state index contributed by atoms with van der Waals surface area (Å²) in [5.41, 5.74) is 7.34. The van der Waals surface area contributed by atoms with Crippen LogP contribution in [0, 0.1) is 28.6 Å². The van der Waals surface area contributed by atoms with E-state index >= 15 is 0 Å². The number of carbonyl (C=O) groups is 1. The molecule has 224 valence electrons. The normalized spacial score (nSPS) is 24.7. The number of likely N-dealkylation sites (tertiary alicyclic amines) is 1. The summed E-state index contributed by atoms with van der Waals surface area (Å²) in [6.07, 6.45) is 1.79. The second-order valence-electron chi connectivity index (χ2n) is 12.6. The summed E-state index contributed by atoms with van der Waals surface area (Å²) in [7, 11) is 0. The SMILES string of the molecule is CC(C)(C)OC(=O)N1CCC2(CC(C3CCN=C(c4cnn(Cc5cccc(C(F)(F)F)c5Cl)c4)C(C#N)=C3N)C2)C1. The molecule has 2 N–H and O–H groups in total. The van der Waals surface area contributed by atoms with Gasteiger partial charge in [-0.2, -0.15) is 23.5 Å². The highest BCUT2D eigenvalue weighted by Crippen LogP contribution is 2.56. The number of amides is 1. The van der Waals surface area contributed by atoms with E-state index in [1.165, 1.54) is 23.0 Å². The highest BCUT2D eigenvalue weighted by Gasteiger charge is 2.52. The van der Waals surface area contributed by atoms with Crippen molar-refractivity contribution in [1.82, 2.24) is 14.7 Å². The van der Waals surface area contributed by atoms with E-state index in [1.54, 1.807) is 11.1 Å². The van der Waals surface area contributed by atoms with Gasteiger partial charge in [0.2, 0.25) is 0 Å².